The van der Waals surface area contributed by atoms with Crippen LogP contribution in [0.5, 0.6) is 0 Å². The molecule has 0 radical (unpaired) electrons. The normalized spacial score (nSPS) is 23.7. The van der Waals surface area contributed by atoms with Crippen LogP contribution in [0.1, 0.15) is 21.8 Å². The highest BCUT2D eigenvalue weighted by molar-refractivity contribution is 7.11. The van der Waals surface area contributed by atoms with E-state index in [1.54, 1.807) is 22.5 Å². The lowest BCUT2D eigenvalue weighted by atomic mass is 10.1. The maximum Gasteiger partial charge on any atom is 0.283 e. The molecule has 4 rings (SSSR count). The lowest BCUT2D eigenvalue weighted by Gasteiger charge is -2.43. The second-order valence-electron chi connectivity index (χ2n) is 6.98. The number of benzene rings is 1. The van der Waals surface area contributed by atoms with Gasteiger partial charge in [-0.3, -0.25) is 9.69 Å². The summed E-state index contributed by atoms with van der Waals surface area (Å²) < 4.78 is 38.8. The van der Waals surface area contributed by atoms with Crippen molar-refractivity contribution in [3.63, 3.8) is 0 Å². The number of nitrogens with zero attached hydrogens (tertiary/aromatic N) is 3. The van der Waals surface area contributed by atoms with Crippen LogP contribution in [0.4, 0.5) is 8.78 Å². The van der Waals surface area contributed by atoms with Crippen molar-refractivity contribution < 1.29 is 23.0 Å². The van der Waals surface area contributed by atoms with Gasteiger partial charge in [-0.2, -0.15) is 0 Å². The number of amides is 1. The predicted octanol–water partition coefficient (Wildman–Crippen LogP) is 2.51. The molecule has 0 aliphatic carbocycles. The zero-order chi connectivity index (χ0) is 19.6. The second-order valence-corrected chi connectivity index (χ2v) is 7.88. The van der Waals surface area contributed by atoms with Gasteiger partial charge >= 0.3 is 0 Å². The van der Waals surface area contributed by atoms with Crippen LogP contribution in [0.2, 0.25) is 0 Å². The van der Waals surface area contributed by atoms with E-state index in [0.29, 0.717) is 50.0 Å². The Balaban J connectivity index is 1.48. The Morgan fingerprint density at radius 1 is 1.18 bits per heavy atom. The summed E-state index contributed by atoms with van der Waals surface area (Å²) in [6.07, 6.45) is 2.40. The van der Waals surface area contributed by atoms with Crippen LogP contribution < -0.4 is 0 Å². The van der Waals surface area contributed by atoms with Gasteiger partial charge in [0, 0.05) is 31.2 Å². The molecular weight excluding hydrogens is 388 g/mol. The zero-order valence-corrected chi connectivity index (χ0v) is 16.1. The van der Waals surface area contributed by atoms with Crippen molar-refractivity contribution in [2.45, 2.75) is 18.8 Å². The molecule has 2 aromatic rings. The Labute approximate surface area is 165 Å². The van der Waals surface area contributed by atoms with Gasteiger partial charge < -0.3 is 14.4 Å². The SMILES string of the molecule is O=C(c1nccs1)N1CCOC2(CN(Cc3ccc(F)c(F)c3)CCCO2)C1. The summed E-state index contributed by atoms with van der Waals surface area (Å²) in [7, 11) is 0. The van der Waals surface area contributed by atoms with E-state index in [0.717, 1.165) is 19.0 Å². The minimum atomic E-state index is -0.930. The lowest BCUT2D eigenvalue weighted by Crippen LogP contribution is -2.59. The van der Waals surface area contributed by atoms with Gasteiger partial charge in [-0.05, 0) is 24.1 Å². The van der Waals surface area contributed by atoms with Crippen LogP contribution >= 0.6 is 11.3 Å². The van der Waals surface area contributed by atoms with Crippen LogP contribution in [0.3, 0.4) is 0 Å². The first-order chi connectivity index (χ1) is 13.5. The fraction of sp³-hybridized carbons (Fsp3) is 0.474. The molecule has 1 aromatic carbocycles. The number of ether oxygens (including phenoxy) is 2. The zero-order valence-electron chi connectivity index (χ0n) is 15.3. The van der Waals surface area contributed by atoms with Crippen LogP contribution in [0, 0.1) is 11.6 Å². The Kier molecular flexibility index (Phi) is 5.68. The third-order valence-electron chi connectivity index (χ3n) is 4.90. The summed E-state index contributed by atoms with van der Waals surface area (Å²) in [5.41, 5.74) is 0.683. The van der Waals surface area contributed by atoms with Gasteiger partial charge in [0.2, 0.25) is 0 Å². The minimum absolute atomic E-state index is 0.127. The molecule has 0 saturated carbocycles. The number of aromatic nitrogens is 1. The number of thiazole rings is 1. The van der Waals surface area contributed by atoms with E-state index in [-0.39, 0.29) is 5.91 Å². The molecule has 1 unspecified atom stereocenters. The summed E-state index contributed by atoms with van der Waals surface area (Å²) in [4.78, 5) is 20.6. The number of morpholine rings is 1. The van der Waals surface area contributed by atoms with Crippen molar-refractivity contribution in [3.05, 3.63) is 52.0 Å². The maximum atomic E-state index is 13.5. The summed E-state index contributed by atoms with van der Waals surface area (Å²) >= 11 is 1.31. The third-order valence-corrected chi connectivity index (χ3v) is 5.66. The highest BCUT2D eigenvalue weighted by Crippen LogP contribution is 2.26. The van der Waals surface area contributed by atoms with Crippen LogP contribution in [0.15, 0.2) is 29.8 Å². The Morgan fingerprint density at radius 2 is 2.04 bits per heavy atom. The van der Waals surface area contributed by atoms with Gasteiger partial charge in [0.15, 0.2) is 22.4 Å². The van der Waals surface area contributed by atoms with Gasteiger partial charge in [-0.1, -0.05) is 6.07 Å². The molecule has 2 saturated heterocycles. The fourth-order valence-corrected chi connectivity index (χ4v) is 4.22. The number of carbonyl (C=O) groups excluding carboxylic acids is 1. The van der Waals surface area contributed by atoms with Crippen molar-refractivity contribution >= 4 is 17.2 Å². The van der Waals surface area contributed by atoms with Gasteiger partial charge in [0.05, 0.1) is 26.3 Å². The summed E-state index contributed by atoms with van der Waals surface area (Å²) in [5, 5.41) is 2.22. The largest absolute Gasteiger partial charge is 0.347 e. The van der Waals surface area contributed by atoms with Crippen molar-refractivity contribution in [1.29, 1.82) is 0 Å². The number of hydrogen-bond acceptors (Lipinski definition) is 6. The average Bonchev–Trinajstić information content (AvgIpc) is 3.16. The molecule has 6 nitrogen and oxygen atoms in total. The van der Waals surface area contributed by atoms with E-state index in [4.69, 9.17) is 9.47 Å². The molecule has 0 bridgehead atoms. The molecule has 1 amide bonds. The lowest BCUT2D eigenvalue weighted by molar-refractivity contribution is -0.261. The highest BCUT2D eigenvalue weighted by atomic mass is 32.1. The Bertz CT molecular complexity index is 836. The summed E-state index contributed by atoms with van der Waals surface area (Å²) in [5.74, 6) is -2.77. The van der Waals surface area contributed by atoms with Gasteiger partial charge in [0.25, 0.3) is 5.91 Å². The van der Waals surface area contributed by atoms with Crippen molar-refractivity contribution in [3.8, 4) is 0 Å². The van der Waals surface area contributed by atoms with E-state index >= 15 is 0 Å². The van der Waals surface area contributed by atoms with E-state index in [1.807, 2.05) is 0 Å². The van der Waals surface area contributed by atoms with Crippen molar-refractivity contribution in [2.75, 3.05) is 39.4 Å². The van der Waals surface area contributed by atoms with E-state index in [2.05, 4.69) is 9.88 Å². The first-order valence-electron chi connectivity index (χ1n) is 9.18. The smallest absolute Gasteiger partial charge is 0.283 e. The van der Waals surface area contributed by atoms with Crippen molar-refractivity contribution in [1.82, 2.24) is 14.8 Å². The summed E-state index contributed by atoms with van der Waals surface area (Å²) in [6.45, 7) is 3.29. The van der Waals surface area contributed by atoms with Gasteiger partial charge in [0.1, 0.15) is 0 Å². The second kappa shape index (κ2) is 8.20. The maximum absolute atomic E-state index is 13.5. The van der Waals surface area contributed by atoms with E-state index in [1.165, 1.54) is 17.4 Å². The molecule has 2 fully saturated rings. The molecule has 150 valence electrons. The molecule has 2 aliphatic heterocycles. The van der Waals surface area contributed by atoms with Crippen molar-refractivity contribution in [2.24, 2.45) is 0 Å². The quantitative estimate of drug-likeness (QED) is 0.780. The topological polar surface area (TPSA) is 54.9 Å². The predicted molar refractivity (Wildman–Crippen MR) is 98.9 cm³/mol. The molecule has 1 atom stereocenters. The number of carbonyl (C=O) groups is 1. The van der Waals surface area contributed by atoms with Gasteiger partial charge in [-0.15, -0.1) is 11.3 Å². The number of halogens is 2. The number of rotatable bonds is 3. The molecule has 0 N–H and O–H groups in total. The highest BCUT2D eigenvalue weighted by Gasteiger charge is 2.42. The fourth-order valence-electron chi connectivity index (χ4n) is 3.62. The first kappa shape index (κ1) is 19.4. The van der Waals surface area contributed by atoms with E-state index < -0.39 is 17.4 Å². The molecule has 1 aromatic heterocycles. The third kappa shape index (κ3) is 4.22. The minimum Gasteiger partial charge on any atom is -0.347 e. The molecule has 2 aliphatic rings. The standard InChI is InChI=1S/C19H21F2N3O3S/c20-15-3-2-14(10-16(15)21)11-23-5-1-7-26-19(12-23)13-24(6-8-27-19)18(25)17-22-4-9-28-17/h2-4,9-10H,1,5-8,11-13H2. The molecule has 28 heavy (non-hydrogen) atoms. The average molecular weight is 409 g/mol. The van der Waals surface area contributed by atoms with Gasteiger partial charge in [-0.25, -0.2) is 13.8 Å². The first-order valence-corrected chi connectivity index (χ1v) is 10.1. The Morgan fingerprint density at radius 3 is 2.82 bits per heavy atom. The van der Waals surface area contributed by atoms with Crippen LogP contribution in [-0.2, 0) is 16.0 Å². The van der Waals surface area contributed by atoms with Crippen LogP contribution in [0.25, 0.3) is 0 Å². The van der Waals surface area contributed by atoms with E-state index in [9.17, 15) is 13.6 Å². The monoisotopic (exact) mass is 409 g/mol. The van der Waals surface area contributed by atoms with Crippen LogP contribution in [-0.4, -0.2) is 65.9 Å². The molecular formula is C19H21F2N3O3S. The molecule has 9 heteroatoms. The number of hydrogen-bond donors (Lipinski definition) is 0. The summed E-state index contributed by atoms with van der Waals surface area (Å²) in [6, 6.07) is 3.94. The molecule has 1 spiro atoms. The molecule has 3 heterocycles. The Hall–Kier alpha value is -1.94.